The molecule has 1 aromatic rings. The van der Waals surface area contributed by atoms with E-state index >= 15 is 0 Å². The highest BCUT2D eigenvalue weighted by atomic mass is 16.5. The van der Waals surface area contributed by atoms with Crippen LogP contribution in [0.5, 0.6) is 0 Å². The highest BCUT2D eigenvalue weighted by Gasteiger charge is 2.41. The molecule has 0 atom stereocenters. The van der Waals surface area contributed by atoms with Crippen LogP contribution in [-0.4, -0.2) is 62.8 Å². The molecule has 5 nitrogen and oxygen atoms in total. The van der Waals surface area contributed by atoms with Crippen LogP contribution in [0.4, 0.5) is 5.69 Å². The molecule has 148 valence electrons. The summed E-state index contributed by atoms with van der Waals surface area (Å²) in [6, 6.07) is 8.72. The first kappa shape index (κ1) is 18.8. The van der Waals surface area contributed by atoms with Gasteiger partial charge in [-0.15, -0.1) is 0 Å². The number of benzene rings is 1. The third-order valence-electron chi connectivity index (χ3n) is 6.91. The summed E-state index contributed by atoms with van der Waals surface area (Å²) in [6.07, 6.45) is 9.15. The Labute approximate surface area is 163 Å². The molecule has 2 heterocycles. The topological polar surface area (TPSA) is 40.1 Å². The Balaban J connectivity index is 1.44. The van der Waals surface area contributed by atoms with Crippen molar-refractivity contribution < 1.29 is 4.74 Å². The average molecular weight is 371 g/mol. The molecule has 1 saturated carbocycles. The van der Waals surface area contributed by atoms with Gasteiger partial charge in [0, 0.05) is 51.6 Å². The van der Waals surface area contributed by atoms with Gasteiger partial charge < -0.3 is 15.0 Å². The highest BCUT2D eigenvalue weighted by Crippen LogP contribution is 2.37. The van der Waals surface area contributed by atoms with Crippen molar-refractivity contribution >= 4 is 11.6 Å². The van der Waals surface area contributed by atoms with E-state index in [4.69, 9.17) is 4.74 Å². The van der Waals surface area contributed by atoms with Crippen LogP contribution in [0.1, 0.15) is 44.1 Å². The number of nitrogens with zero attached hydrogens (tertiary/aromatic N) is 3. The molecular formula is C22H34N4O. The standard InChI is InChI=1S/C22H34N4O/c1-23-21(26-16-9-18-7-3-4-8-20(18)26)24-17-22(12-5-6-13-22)25-14-10-19(27-2)11-15-25/h3-4,7-8,19H,5-6,9-17H2,1-2H3,(H,23,24). The predicted molar refractivity (Wildman–Crippen MR) is 112 cm³/mol. The Morgan fingerprint density at radius 1 is 1.19 bits per heavy atom. The zero-order valence-electron chi connectivity index (χ0n) is 16.9. The molecule has 0 aromatic heterocycles. The number of guanidine groups is 1. The van der Waals surface area contributed by atoms with Crippen LogP contribution < -0.4 is 10.2 Å². The lowest BCUT2D eigenvalue weighted by molar-refractivity contribution is -0.00160. The summed E-state index contributed by atoms with van der Waals surface area (Å²) in [5.74, 6) is 1.03. The summed E-state index contributed by atoms with van der Waals surface area (Å²) in [5.41, 5.74) is 3.03. The largest absolute Gasteiger partial charge is 0.381 e. The molecule has 4 rings (SSSR count). The summed E-state index contributed by atoms with van der Waals surface area (Å²) in [4.78, 5) is 9.72. The molecule has 0 radical (unpaired) electrons. The molecule has 2 fully saturated rings. The van der Waals surface area contributed by atoms with Crippen LogP contribution in [0.2, 0.25) is 0 Å². The van der Waals surface area contributed by atoms with Crippen molar-refractivity contribution in [1.82, 2.24) is 10.2 Å². The number of hydrogen-bond donors (Lipinski definition) is 1. The molecular weight excluding hydrogens is 336 g/mol. The lowest BCUT2D eigenvalue weighted by Crippen LogP contribution is -2.58. The SMILES string of the molecule is CN=C(NCC1(N2CCC(OC)CC2)CCCC1)N1CCc2ccccc21. The maximum Gasteiger partial charge on any atom is 0.198 e. The van der Waals surface area contributed by atoms with E-state index in [9.17, 15) is 0 Å². The van der Waals surface area contributed by atoms with Crippen molar-refractivity contribution in [3.05, 3.63) is 29.8 Å². The van der Waals surface area contributed by atoms with Gasteiger partial charge in [-0.2, -0.15) is 0 Å². The molecule has 2 aliphatic heterocycles. The molecule has 0 bridgehead atoms. The monoisotopic (exact) mass is 370 g/mol. The molecule has 1 N–H and O–H groups in total. The van der Waals surface area contributed by atoms with Crippen LogP contribution in [-0.2, 0) is 11.2 Å². The number of nitrogens with one attached hydrogen (secondary N) is 1. The van der Waals surface area contributed by atoms with Gasteiger partial charge >= 0.3 is 0 Å². The van der Waals surface area contributed by atoms with E-state index in [-0.39, 0.29) is 5.54 Å². The van der Waals surface area contributed by atoms with Gasteiger partial charge in [0.25, 0.3) is 0 Å². The minimum Gasteiger partial charge on any atom is -0.381 e. The molecule has 27 heavy (non-hydrogen) atoms. The van der Waals surface area contributed by atoms with E-state index in [0.29, 0.717) is 6.10 Å². The van der Waals surface area contributed by atoms with E-state index < -0.39 is 0 Å². The van der Waals surface area contributed by atoms with E-state index in [1.54, 1.807) is 0 Å². The second kappa shape index (κ2) is 8.19. The zero-order valence-corrected chi connectivity index (χ0v) is 16.9. The van der Waals surface area contributed by atoms with Crippen LogP contribution in [0.25, 0.3) is 0 Å². The van der Waals surface area contributed by atoms with Crippen LogP contribution in [0, 0.1) is 0 Å². The van der Waals surface area contributed by atoms with Crippen LogP contribution in [0.15, 0.2) is 29.3 Å². The Kier molecular flexibility index (Phi) is 5.69. The van der Waals surface area contributed by atoms with Gasteiger partial charge in [0.15, 0.2) is 5.96 Å². The predicted octanol–water partition coefficient (Wildman–Crippen LogP) is 3.05. The van der Waals surface area contributed by atoms with Gasteiger partial charge in [-0.1, -0.05) is 31.0 Å². The lowest BCUT2D eigenvalue weighted by atomic mass is 9.91. The fourth-order valence-electron chi connectivity index (χ4n) is 5.30. The molecule has 5 heteroatoms. The Morgan fingerprint density at radius 2 is 1.93 bits per heavy atom. The third-order valence-corrected chi connectivity index (χ3v) is 6.91. The zero-order chi connectivity index (χ0) is 18.7. The number of likely N-dealkylation sites (tertiary alicyclic amines) is 1. The molecule has 1 aliphatic carbocycles. The van der Waals surface area contributed by atoms with E-state index in [1.165, 1.54) is 36.9 Å². The van der Waals surface area contributed by atoms with E-state index in [2.05, 4.69) is 44.4 Å². The normalized spacial score (nSPS) is 23.6. The Hall–Kier alpha value is -1.59. The molecule has 0 spiro atoms. The summed E-state index contributed by atoms with van der Waals surface area (Å²) in [5, 5.41) is 3.76. The quantitative estimate of drug-likeness (QED) is 0.653. The first-order valence-electron chi connectivity index (χ1n) is 10.6. The van der Waals surface area contributed by atoms with Gasteiger partial charge in [-0.05, 0) is 43.7 Å². The fourth-order valence-corrected chi connectivity index (χ4v) is 5.30. The number of hydrogen-bond acceptors (Lipinski definition) is 3. The molecule has 3 aliphatic rings. The second-order valence-electron chi connectivity index (χ2n) is 8.28. The number of methoxy groups -OCH3 is 1. The van der Waals surface area contributed by atoms with Crippen LogP contribution in [0.3, 0.4) is 0 Å². The number of fused-ring (bicyclic) bond motifs is 1. The number of para-hydroxylation sites is 1. The number of piperidine rings is 1. The third kappa shape index (κ3) is 3.72. The number of anilines is 1. The molecule has 1 saturated heterocycles. The minimum atomic E-state index is 0.286. The van der Waals surface area contributed by atoms with Crippen molar-refractivity contribution in [1.29, 1.82) is 0 Å². The van der Waals surface area contributed by atoms with Gasteiger partial charge in [0.05, 0.1) is 6.10 Å². The van der Waals surface area contributed by atoms with Crippen molar-refractivity contribution in [3.8, 4) is 0 Å². The summed E-state index contributed by atoms with van der Waals surface area (Å²) >= 11 is 0. The van der Waals surface area contributed by atoms with Crippen LogP contribution >= 0.6 is 0 Å². The maximum atomic E-state index is 5.58. The smallest absolute Gasteiger partial charge is 0.198 e. The van der Waals surface area contributed by atoms with Gasteiger partial charge in [0.1, 0.15) is 0 Å². The number of rotatable bonds is 4. The fraction of sp³-hybridized carbons (Fsp3) is 0.682. The molecule has 1 aromatic carbocycles. The molecule has 0 unspecified atom stereocenters. The van der Waals surface area contributed by atoms with E-state index in [0.717, 1.165) is 51.4 Å². The summed E-state index contributed by atoms with van der Waals surface area (Å²) < 4.78 is 5.58. The first-order chi connectivity index (χ1) is 13.3. The Bertz CT molecular complexity index is 660. The van der Waals surface area contributed by atoms with E-state index in [1.807, 2.05) is 14.2 Å². The second-order valence-corrected chi connectivity index (χ2v) is 8.28. The van der Waals surface area contributed by atoms with Gasteiger partial charge in [0.2, 0.25) is 0 Å². The number of ether oxygens (including phenoxy) is 1. The summed E-state index contributed by atoms with van der Waals surface area (Å²) in [6.45, 7) is 4.33. The molecule has 0 amide bonds. The van der Waals surface area contributed by atoms with Crippen molar-refractivity contribution in [2.75, 3.05) is 45.2 Å². The number of aliphatic imine (C=N–C) groups is 1. The van der Waals surface area contributed by atoms with Crippen molar-refractivity contribution in [2.24, 2.45) is 4.99 Å². The summed E-state index contributed by atoms with van der Waals surface area (Å²) in [7, 11) is 3.76. The Morgan fingerprint density at radius 3 is 2.63 bits per heavy atom. The van der Waals surface area contributed by atoms with Crippen molar-refractivity contribution in [3.63, 3.8) is 0 Å². The maximum absolute atomic E-state index is 5.58. The van der Waals surface area contributed by atoms with Gasteiger partial charge in [-0.3, -0.25) is 9.89 Å². The lowest BCUT2D eigenvalue weighted by Gasteiger charge is -2.45. The van der Waals surface area contributed by atoms with Crippen molar-refractivity contribution in [2.45, 2.75) is 56.6 Å². The first-order valence-corrected chi connectivity index (χ1v) is 10.6. The minimum absolute atomic E-state index is 0.286. The average Bonchev–Trinajstić information content (AvgIpc) is 3.37. The highest BCUT2D eigenvalue weighted by molar-refractivity contribution is 5.97. The van der Waals surface area contributed by atoms with Gasteiger partial charge in [-0.25, -0.2) is 0 Å².